The lowest BCUT2D eigenvalue weighted by molar-refractivity contribution is 0.601. The number of hydrogen-bond donors (Lipinski definition) is 2. The predicted octanol–water partition coefficient (Wildman–Crippen LogP) is 2.98. The normalized spacial score (nSPS) is 11.4. The monoisotopic (exact) mass is 322 g/mol. The minimum Gasteiger partial charge on any atom is -0.326 e. The highest BCUT2D eigenvalue weighted by molar-refractivity contribution is 7.98. The van der Waals surface area contributed by atoms with Crippen molar-refractivity contribution in [3.8, 4) is 0 Å². The molecular formula is C15H18N2O2S2. The van der Waals surface area contributed by atoms with E-state index in [0.29, 0.717) is 12.2 Å². The van der Waals surface area contributed by atoms with Crippen molar-refractivity contribution in [1.82, 2.24) is 0 Å². The van der Waals surface area contributed by atoms with Crippen LogP contribution in [0, 0.1) is 6.92 Å². The van der Waals surface area contributed by atoms with Gasteiger partial charge in [-0.3, -0.25) is 4.72 Å². The van der Waals surface area contributed by atoms with E-state index in [-0.39, 0.29) is 4.90 Å². The molecule has 4 nitrogen and oxygen atoms in total. The van der Waals surface area contributed by atoms with Crippen molar-refractivity contribution in [1.29, 1.82) is 0 Å². The van der Waals surface area contributed by atoms with Crippen LogP contribution in [0.5, 0.6) is 0 Å². The number of nitrogens with two attached hydrogens (primary N) is 1. The van der Waals surface area contributed by atoms with E-state index < -0.39 is 10.0 Å². The zero-order chi connectivity index (χ0) is 15.5. The summed E-state index contributed by atoms with van der Waals surface area (Å²) in [6.07, 6.45) is 1.95. The maximum atomic E-state index is 12.4. The van der Waals surface area contributed by atoms with Crippen molar-refractivity contribution in [2.45, 2.75) is 23.3 Å². The van der Waals surface area contributed by atoms with Gasteiger partial charge in [0.1, 0.15) is 0 Å². The van der Waals surface area contributed by atoms with E-state index in [0.717, 1.165) is 16.0 Å². The molecule has 0 spiro atoms. The summed E-state index contributed by atoms with van der Waals surface area (Å²) >= 11 is 1.56. The summed E-state index contributed by atoms with van der Waals surface area (Å²) in [6, 6.07) is 12.3. The highest BCUT2D eigenvalue weighted by Gasteiger charge is 2.15. The van der Waals surface area contributed by atoms with Gasteiger partial charge in [0.25, 0.3) is 10.0 Å². The number of aryl methyl sites for hydroxylation is 1. The van der Waals surface area contributed by atoms with Gasteiger partial charge in [-0.05, 0) is 54.6 Å². The Morgan fingerprint density at radius 2 is 1.95 bits per heavy atom. The van der Waals surface area contributed by atoms with Crippen LogP contribution in [0.3, 0.4) is 0 Å². The van der Waals surface area contributed by atoms with Gasteiger partial charge in [0.15, 0.2) is 0 Å². The zero-order valence-corrected chi connectivity index (χ0v) is 13.6. The third kappa shape index (κ3) is 3.78. The van der Waals surface area contributed by atoms with Crippen LogP contribution >= 0.6 is 11.8 Å². The number of rotatable bonds is 5. The molecule has 0 amide bonds. The molecule has 0 heterocycles. The summed E-state index contributed by atoms with van der Waals surface area (Å²) < 4.78 is 27.4. The molecule has 112 valence electrons. The third-order valence-corrected chi connectivity index (χ3v) is 5.28. The first-order chi connectivity index (χ1) is 9.96. The van der Waals surface area contributed by atoms with Gasteiger partial charge in [-0.1, -0.05) is 12.1 Å². The molecule has 6 heteroatoms. The predicted molar refractivity (Wildman–Crippen MR) is 88.1 cm³/mol. The lowest BCUT2D eigenvalue weighted by Crippen LogP contribution is -2.14. The van der Waals surface area contributed by atoms with Gasteiger partial charge in [0, 0.05) is 17.1 Å². The first-order valence-electron chi connectivity index (χ1n) is 6.43. The topological polar surface area (TPSA) is 72.2 Å². The van der Waals surface area contributed by atoms with Crippen LogP contribution in [0.4, 0.5) is 5.69 Å². The summed E-state index contributed by atoms with van der Waals surface area (Å²) in [4.78, 5) is 1.23. The first-order valence-corrected chi connectivity index (χ1v) is 9.13. The largest absolute Gasteiger partial charge is 0.326 e. The summed E-state index contributed by atoms with van der Waals surface area (Å²) in [5.74, 6) is 0. The maximum Gasteiger partial charge on any atom is 0.261 e. The van der Waals surface area contributed by atoms with Crippen molar-refractivity contribution in [3.05, 3.63) is 53.6 Å². The Hall–Kier alpha value is -1.50. The quantitative estimate of drug-likeness (QED) is 0.830. The van der Waals surface area contributed by atoms with Crippen LogP contribution in [-0.4, -0.2) is 14.7 Å². The second-order valence-corrected chi connectivity index (χ2v) is 7.19. The summed E-state index contributed by atoms with van der Waals surface area (Å²) in [5, 5.41) is 0. The van der Waals surface area contributed by atoms with Crippen molar-refractivity contribution in [3.63, 3.8) is 0 Å². The molecule has 0 aliphatic heterocycles. The van der Waals surface area contributed by atoms with Crippen molar-refractivity contribution < 1.29 is 8.42 Å². The van der Waals surface area contributed by atoms with E-state index in [1.165, 1.54) is 0 Å². The highest BCUT2D eigenvalue weighted by Crippen LogP contribution is 2.22. The van der Waals surface area contributed by atoms with Crippen LogP contribution < -0.4 is 10.5 Å². The van der Waals surface area contributed by atoms with E-state index >= 15 is 0 Å². The van der Waals surface area contributed by atoms with Gasteiger partial charge in [-0.2, -0.15) is 0 Å². The van der Waals surface area contributed by atoms with Crippen molar-refractivity contribution in [2.75, 3.05) is 11.0 Å². The highest BCUT2D eigenvalue weighted by atomic mass is 32.2. The molecule has 0 fully saturated rings. The summed E-state index contributed by atoms with van der Waals surface area (Å²) in [5.41, 5.74) is 8.00. The fraction of sp³-hybridized carbons (Fsp3) is 0.200. The molecule has 0 bridgehead atoms. The number of sulfonamides is 1. The van der Waals surface area contributed by atoms with Gasteiger partial charge in [0.05, 0.1) is 4.90 Å². The SMILES string of the molecule is CSc1cccc(NS(=O)(=O)c2ccc(C)c(CN)c2)c1. The van der Waals surface area contributed by atoms with E-state index in [1.807, 2.05) is 25.3 Å². The van der Waals surface area contributed by atoms with E-state index in [4.69, 9.17) is 5.73 Å². The summed E-state index contributed by atoms with van der Waals surface area (Å²) in [6.45, 7) is 2.23. The van der Waals surface area contributed by atoms with Crippen LogP contribution in [-0.2, 0) is 16.6 Å². The van der Waals surface area contributed by atoms with Crippen LogP contribution in [0.15, 0.2) is 52.3 Å². The molecule has 3 N–H and O–H groups in total. The van der Waals surface area contributed by atoms with Gasteiger partial charge in [-0.15, -0.1) is 11.8 Å². The van der Waals surface area contributed by atoms with E-state index in [1.54, 1.807) is 42.1 Å². The number of thioether (sulfide) groups is 1. The lowest BCUT2D eigenvalue weighted by atomic mass is 10.1. The minimum atomic E-state index is -3.60. The minimum absolute atomic E-state index is 0.225. The molecular weight excluding hydrogens is 304 g/mol. The number of nitrogens with one attached hydrogen (secondary N) is 1. The third-order valence-electron chi connectivity index (χ3n) is 3.17. The molecule has 21 heavy (non-hydrogen) atoms. The van der Waals surface area contributed by atoms with Crippen LogP contribution in [0.2, 0.25) is 0 Å². The maximum absolute atomic E-state index is 12.4. The number of benzene rings is 2. The lowest BCUT2D eigenvalue weighted by Gasteiger charge is -2.11. The van der Waals surface area contributed by atoms with E-state index in [9.17, 15) is 8.42 Å². The Morgan fingerprint density at radius 3 is 2.62 bits per heavy atom. The Kier molecular flexibility index (Phi) is 4.92. The van der Waals surface area contributed by atoms with Crippen molar-refractivity contribution in [2.24, 2.45) is 5.73 Å². The Morgan fingerprint density at radius 1 is 1.19 bits per heavy atom. The standard InChI is InChI=1S/C15H18N2O2S2/c1-11-6-7-15(8-12(11)10-16)21(18,19)17-13-4-3-5-14(9-13)20-2/h3-9,17H,10,16H2,1-2H3. The smallest absolute Gasteiger partial charge is 0.261 e. The average Bonchev–Trinajstić information content (AvgIpc) is 2.47. The molecule has 0 atom stereocenters. The molecule has 2 aromatic rings. The Balaban J connectivity index is 2.33. The van der Waals surface area contributed by atoms with Crippen molar-refractivity contribution >= 4 is 27.5 Å². The molecule has 2 aromatic carbocycles. The Bertz CT molecular complexity index is 743. The van der Waals surface area contributed by atoms with Gasteiger partial charge >= 0.3 is 0 Å². The molecule has 0 aliphatic carbocycles. The fourth-order valence-corrected chi connectivity index (χ4v) is 3.49. The molecule has 0 unspecified atom stereocenters. The Labute approximate surface area is 129 Å². The second-order valence-electron chi connectivity index (χ2n) is 4.63. The average molecular weight is 322 g/mol. The van der Waals surface area contributed by atoms with Gasteiger partial charge < -0.3 is 5.73 Å². The molecule has 0 radical (unpaired) electrons. The van der Waals surface area contributed by atoms with Crippen LogP contribution in [0.1, 0.15) is 11.1 Å². The van der Waals surface area contributed by atoms with E-state index in [2.05, 4.69) is 4.72 Å². The first kappa shape index (κ1) is 15.9. The number of anilines is 1. The second kappa shape index (κ2) is 6.51. The zero-order valence-electron chi connectivity index (χ0n) is 12.0. The van der Waals surface area contributed by atoms with Gasteiger partial charge in [0.2, 0.25) is 0 Å². The fourth-order valence-electron chi connectivity index (χ4n) is 1.94. The molecule has 0 saturated carbocycles. The molecule has 0 saturated heterocycles. The molecule has 0 aliphatic rings. The summed E-state index contributed by atoms with van der Waals surface area (Å²) in [7, 11) is -3.60. The molecule has 0 aromatic heterocycles. The number of hydrogen-bond acceptors (Lipinski definition) is 4. The molecule has 2 rings (SSSR count). The van der Waals surface area contributed by atoms with Gasteiger partial charge in [-0.25, -0.2) is 8.42 Å². The van der Waals surface area contributed by atoms with Crippen LogP contribution in [0.25, 0.3) is 0 Å².